The number of hydrogen-bond donors (Lipinski definition) is 1. The van der Waals surface area contributed by atoms with Crippen molar-refractivity contribution in [2.75, 3.05) is 26.2 Å². The van der Waals surface area contributed by atoms with Crippen molar-refractivity contribution in [2.45, 2.75) is 64.8 Å². The van der Waals surface area contributed by atoms with Crippen molar-refractivity contribution in [2.24, 2.45) is 11.8 Å². The fourth-order valence-corrected chi connectivity index (χ4v) is 3.68. The molecule has 0 unspecified atom stereocenters. The highest BCUT2D eigenvalue weighted by Gasteiger charge is 2.24. The van der Waals surface area contributed by atoms with Crippen molar-refractivity contribution in [3.8, 4) is 0 Å². The first-order chi connectivity index (χ1) is 8.75. The summed E-state index contributed by atoms with van der Waals surface area (Å²) in [5.41, 5.74) is 0. The molecule has 2 nitrogen and oxygen atoms in total. The maximum absolute atomic E-state index is 3.48. The van der Waals surface area contributed by atoms with Crippen molar-refractivity contribution < 1.29 is 0 Å². The Labute approximate surface area is 126 Å². The molecule has 19 heavy (non-hydrogen) atoms. The first-order valence-corrected chi connectivity index (χ1v) is 8.20. The molecular weight excluding hydrogens is 256 g/mol. The monoisotopic (exact) mass is 288 g/mol. The third-order valence-corrected chi connectivity index (χ3v) is 4.72. The molecule has 0 aromatic heterocycles. The van der Waals surface area contributed by atoms with Gasteiger partial charge in [0.05, 0.1) is 0 Å². The molecule has 1 heterocycles. The molecule has 0 bridgehead atoms. The second-order valence-electron chi connectivity index (χ2n) is 6.81. The van der Waals surface area contributed by atoms with Crippen LogP contribution >= 0.6 is 12.4 Å². The molecule has 1 saturated carbocycles. The minimum absolute atomic E-state index is 0. The van der Waals surface area contributed by atoms with Crippen LogP contribution in [-0.2, 0) is 0 Å². The Morgan fingerprint density at radius 2 is 1.68 bits per heavy atom. The maximum atomic E-state index is 3.48. The summed E-state index contributed by atoms with van der Waals surface area (Å²) in [5, 5.41) is 3.48. The minimum atomic E-state index is 0. The highest BCUT2D eigenvalue weighted by atomic mass is 35.5. The topological polar surface area (TPSA) is 15.3 Å². The fraction of sp³-hybridized carbons (Fsp3) is 1.00. The number of nitrogens with zero attached hydrogens (tertiary/aromatic N) is 1. The Morgan fingerprint density at radius 1 is 1.05 bits per heavy atom. The van der Waals surface area contributed by atoms with Gasteiger partial charge < -0.3 is 10.2 Å². The van der Waals surface area contributed by atoms with Crippen LogP contribution in [0.1, 0.15) is 58.8 Å². The predicted molar refractivity (Wildman–Crippen MR) is 86.1 cm³/mol. The van der Waals surface area contributed by atoms with E-state index in [9.17, 15) is 0 Å². The van der Waals surface area contributed by atoms with Crippen LogP contribution in [-0.4, -0.2) is 37.1 Å². The fourth-order valence-electron chi connectivity index (χ4n) is 3.68. The lowest BCUT2D eigenvalue weighted by molar-refractivity contribution is 0.159. The van der Waals surface area contributed by atoms with E-state index in [4.69, 9.17) is 0 Å². The van der Waals surface area contributed by atoms with Crippen molar-refractivity contribution in [1.29, 1.82) is 0 Å². The number of halogens is 1. The number of rotatable bonds is 6. The SMILES string of the molecule is CC(C)CN(CCC1CCNCC1)C1CCCC1.Cl. The third kappa shape index (κ3) is 6.01. The second-order valence-corrected chi connectivity index (χ2v) is 6.81. The van der Waals surface area contributed by atoms with Crippen LogP contribution in [0.3, 0.4) is 0 Å². The predicted octanol–water partition coefficient (Wildman–Crippen LogP) is 3.70. The minimum Gasteiger partial charge on any atom is -0.317 e. The van der Waals surface area contributed by atoms with Crippen molar-refractivity contribution in [3.63, 3.8) is 0 Å². The van der Waals surface area contributed by atoms with Crippen molar-refractivity contribution in [3.05, 3.63) is 0 Å². The quantitative estimate of drug-likeness (QED) is 0.802. The molecule has 0 aromatic rings. The smallest absolute Gasteiger partial charge is 0.00953 e. The molecule has 0 radical (unpaired) electrons. The molecule has 1 N–H and O–H groups in total. The van der Waals surface area contributed by atoms with E-state index in [1.54, 1.807) is 0 Å². The molecule has 2 fully saturated rings. The summed E-state index contributed by atoms with van der Waals surface area (Å²) in [4.78, 5) is 2.82. The molecule has 1 aliphatic heterocycles. The van der Waals surface area contributed by atoms with Crippen molar-refractivity contribution in [1.82, 2.24) is 10.2 Å². The van der Waals surface area contributed by atoms with Crippen LogP contribution in [0.4, 0.5) is 0 Å². The van der Waals surface area contributed by atoms with Gasteiger partial charge in [0.1, 0.15) is 0 Å². The second kappa shape index (κ2) is 9.20. The zero-order chi connectivity index (χ0) is 12.8. The average Bonchev–Trinajstić information content (AvgIpc) is 2.89. The summed E-state index contributed by atoms with van der Waals surface area (Å²) < 4.78 is 0. The normalized spacial score (nSPS) is 22.1. The third-order valence-electron chi connectivity index (χ3n) is 4.72. The Bertz CT molecular complexity index is 221. The van der Waals surface area contributed by atoms with Gasteiger partial charge in [0, 0.05) is 12.6 Å². The number of piperidine rings is 1. The lowest BCUT2D eigenvalue weighted by Crippen LogP contribution is -2.38. The Balaban J connectivity index is 0.00000180. The summed E-state index contributed by atoms with van der Waals surface area (Å²) >= 11 is 0. The number of nitrogens with one attached hydrogen (secondary N) is 1. The van der Waals surface area contributed by atoms with Gasteiger partial charge in [0.25, 0.3) is 0 Å². The zero-order valence-electron chi connectivity index (χ0n) is 12.9. The Hall–Kier alpha value is 0.210. The van der Waals surface area contributed by atoms with Crippen LogP contribution in [0.15, 0.2) is 0 Å². The molecule has 1 aliphatic carbocycles. The Kier molecular flexibility index (Phi) is 8.36. The summed E-state index contributed by atoms with van der Waals surface area (Å²) in [7, 11) is 0. The summed E-state index contributed by atoms with van der Waals surface area (Å²) in [6.45, 7) is 9.90. The van der Waals surface area contributed by atoms with Crippen LogP contribution in [0.25, 0.3) is 0 Å². The Morgan fingerprint density at radius 3 is 2.26 bits per heavy atom. The zero-order valence-corrected chi connectivity index (χ0v) is 13.7. The summed E-state index contributed by atoms with van der Waals surface area (Å²) in [5.74, 6) is 1.81. The van der Waals surface area contributed by atoms with Gasteiger partial charge in [-0.3, -0.25) is 0 Å². The molecule has 0 aromatic carbocycles. The van der Waals surface area contributed by atoms with Crippen LogP contribution in [0.5, 0.6) is 0 Å². The average molecular weight is 289 g/mol. The molecule has 3 heteroatoms. The first-order valence-electron chi connectivity index (χ1n) is 8.20. The van der Waals surface area contributed by atoms with Gasteiger partial charge in [-0.15, -0.1) is 12.4 Å². The van der Waals surface area contributed by atoms with Gasteiger partial charge in [-0.2, -0.15) is 0 Å². The van der Waals surface area contributed by atoms with Crippen molar-refractivity contribution >= 4 is 12.4 Å². The molecular formula is C16H33ClN2. The van der Waals surface area contributed by atoms with Gasteiger partial charge in [-0.05, 0) is 63.6 Å². The van der Waals surface area contributed by atoms with Gasteiger partial charge in [0.2, 0.25) is 0 Å². The molecule has 0 spiro atoms. The molecule has 0 amide bonds. The summed E-state index contributed by atoms with van der Waals surface area (Å²) in [6.07, 6.45) is 10.1. The standard InChI is InChI=1S/C16H32N2.ClH/c1-14(2)13-18(16-5-3-4-6-16)12-9-15-7-10-17-11-8-15;/h14-17H,3-13H2,1-2H3;1H. The molecule has 114 valence electrons. The number of hydrogen-bond acceptors (Lipinski definition) is 2. The van der Waals surface area contributed by atoms with Gasteiger partial charge in [-0.25, -0.2) is 0 Å². The van der Waals surface area contributed by atoms with E-state index >= 15 is 0 Å². The van der Waals surface area contributed by atoms with Gasteiger partial charge in [0.15, 0.2) is 0 Å². The van der Waals surface area contributed by atoms with Crippen LogP contribution in [0.2, 0.25) is 0 Å². The van der Waals surface area contributed by atoms with Gasteiger partial charge >= 0.3 is 0 Å². The molecule has 0 atom stereocenters. The van der Waals surface area contributed by atoms with E-state index < -0.39 is 0 Å². The lowest BCUT2D eigenvalue weighted by Gasteiger charge is -2.32. The van der Waals surface area contributed by atoms with E-state index in [-0.39, 0.29) is 12.4 Å². The van der Waals surface area contributed by atoms with Crippen LogP contribution in [0, 0.1) is 11.8 Å². The van der Waals surface area contributed by atoms with Gasteiger partial charge in [-0.1, -0.05) is 26.7 Å². The van der Waals surface area contributed by atoms with E-state index in [1.165, 1.54) is 71.1 Å². The highest BCUT2D eigenvalue weighted by Crippen LogP contribution is 2.26. The van der Waals surface area contributed by atoms with E-state index in [2.05, 4.69) is 24.1 Å². The highest BCUT2D eigenvalue weighted by molar-refractivity contribution is 5.85. The van der Waals surface area contributed by atoms with E-state index in [0.717, 1.165) is 17.9 Å². The maximum Gasteiger partial charge on any atom is 0.00953 e. The first kappa shape index (κ1) is 17.3. The largest absolute Gasteiger partial charge is 0.317 e. The molecule has 2 rings (SSSR count). The summed E-state index contributed by atoms with van der Waals surface area (Å²) in [6, 6.07) is 0.911. The van der Waals surface area contributed by atoms with E-state index in [0.29, 0.717) is 0 Å². The molecule has 1 saturated heterocycles. The van der Waals surface area contributed by atoms with Crippen LogP contribution < -0.4 is 5.32 Å². The lowest BCUT2D eigenvalue weighted by atomic mass is 9.94. The molecule has 2 aliphatic rings. The van der Waals surface area contributed by atoms with E-state index in [1.807, 2.05) is 0 Å².